The highest BCUT2D eigenvalue weighted by Crippen LogP contribution is 2.36. The van der Waals surface area contributed by atoms with Gasteiger partial charge in [0.05, 0.1) is 14.6 Å². The minimum Gasteiger partial charge on any atom is -0.508 e. The number of hydrogen-bond acceptors (Lipinski definition) is 5. The molecule has 2 N–H and O–H groups in total. The molecule has 3 aromatic carbocycles. The number of carbonyl (C=O) groups is 3. The molecule has 4 rings (SSSR count). The average molecular weight is 590 g/mol. The van der Waals surface area contributed by atoms with E-state index in [9.17, 15) is 23.9 Å². The number of phenolic OH excluding ortho intramolecular Hbond substituents is 1. The molecule has 0 bridgehead atoms. The largest absolute Gasteiger partial charge is 0.508 e. The van der Waals surface area contributed by atoms with E-state index in [-0.39, 0.29) is 29.4 Å². The lowest BCUT2D eigenvalue weighted by Gasteiger charge is -2.26. The van der Waals surface area contributed by atoms with Crippen molar-refractivity contribution in [1.29, 1.82) is 0 Å². The predicted octanol–water partition coefficient (Wildman–Crippen LogP) is 5.30. The molecule has 1 aliphatic rings. The number of aromatic hydroxyl groups is 1. The summed E-state index contributed by atoms with van der Waals surface area (Å²) in [6.07, 6.45) is 1.35. The average Bonchev–Trinajstić information content (AvgIpc) is 2.77. The molecule has 0 aliphatic carbocycles. The number of rotatable bonds is 5. The Bertz CT molecular complexity index is 1320. The van der Waals surface area contributed by atoms with Crippen molar-refractivity contribution in [3.63, 3.8) is 0 Å². The predicted molar refractivity (Wildman–Crippen MR) is 130 cm³/mol. The Hall–Kier alpha value is -3.50. The Morgan fingerprint density at radius 2 is 1.68 bits per heavy atom. The monoisotopic (exact) mass is 588 g/mol. The number of anilines is 1. The highest BCUT2D eigenvalue weighted by Gasteiger charge is 2.36. The second kappa shape index (κ2) is 9.78. The van der Waals surface area contributed by atoms with Crippen LogP contribution in [0.15, 0.2) is 75.2 Å². The first-order chi connectivity index (χ1) is 16.2. The number of hydrogen-bond donors (Lipinski definition) is 2. The molecule has 0 aromatic heterocycles. The number of benzene rings is 3. The van der Waals surface area contributed by atoms with Crippen molar-refractivity contribution >= 4 is 61.5 Å². The second-order valence-corrected chi connectivity index (χ2v) is 8.92. The summed E-state index contributed by atoms with van der Waals surface area (Å²) in [4.78, 5) is 38.5. The molecule has 7 nitrogen and oxygen atoms in total. The fraction of sp³-hybridized carbons (Fsp3) is 0.0417. The topological polar surface area (TPSA) is 95.9 Å². The van der Waals surface area contributed by atoms with Gasteiger partial charge in [0.15, 0.2) is 0 Å². The zero-order valence-corrected chi connectivity index (χ0v) is 20.4. The smallest absolute Gasteiger partial charge is 0.335 e. The van der Waals surface area contributed by atoms with Crippen molar-refractivity contribution in [1.82, 2.24) is 5.32 Å². The standard InChI is InChI=1S/C24H15Br2FN2O5/c25-19-10-14(11-20(26)21(19)34-12-13-2-1-3-15(27)8-13)9-18-22(31)28-24(33)29(23(18)32)16-4-6-17(30)7-5-16/h1-11,30H,12H2,(H,28,31,33)/b18-9+. The SMILES string of the molecule is O=C1NC(=O)N(c2ccc(O)cc2)C(=O)/C1=C/c1cc(Br)c(OCc2cccc(F)c2)c(Br)c1. The Morgan fingerprint density at radius 3 is 2.32 bits per heavy atom. The molecule has 1 heterocycles. The molecule has 0 atom stereocenters. The number of carbonyl (C=O) groups excluding carboxylic acids is 3. The summed E-state index contributed by atoms with van der Waals surface area (Å²) in [6, 6.07) is 13.9. The Labute approximate surface area is 210 Å². The highest BCUT2D eigenvalue weighted by atomic mass is 79.9. The van der Waals surface area contributed by atoms with Gasteiger partial charge in [-0.1, -0.05) is 12.1 Å². The summed E-state index contributed by atoms with van der Waals surface area (Å²) in [7, 11) is 0. The maximum absolute atomic E-state index is 13.4. The van der Waals surface area contributed by atoms with Gasteiger partial charge >= 0.3 is 6.03 Å². The number of halogens is 3. The third kappa shape index (κ3) is 5.02. The number of ether oxygens (including phenoxy) is 1. The van der Waals surface area contributed by atoms with Crippen molar-refractivity contribution in [3.05, 3.63) is 92.1 Å². The van der Waals surface area contributed by atoms with Crippen LogP contribution in [0.2, 0.25) is 0 Å². The van der Waals surface area contributed by atoms with Gasteiger partial charge in [-0.3, -0.25) is 14.9 Å². The van der Waals surface area contributed by atoms with Crippen LogP contribution in [0, 0.1) is 5.82 Å². The molecule has 0 spiro atoms. The van der Waals surface area contributed by atoms with Gasteiger partial charge in [0.2, 0.25) is 0 Å². The zero-order valence-electron chi connectivity index (χ0n) is 17.2. The summed E-state index contributed by atoms with van der Waals surface area (Å²) in [6.45, 7) is 0.125. The first-order valence-electron chi connectivity index (χ1n) is 9.79. The van der Waals surface area contributed by atoms with Gasteiger partial charge < -0.3 is 9.84 Å². The van der Waals surface area contributed by atoms with E-state index in [2.05, 4.69) is 37.2 Å². The summed E-state index contributed by atoms with van der Waals surface area (Å²) in [5, 5.41) is 11.6. The van der Waals surface area contributed by atoms with Crippen LogP contribution in [-0.2, 0) is 16.2 Å². The van der Waals surface area contributed by atoms with Gasteiger partial charge in [-0.25, -0.2) is 14.1 Å². The van der Waals surface area contributed by atoms with Crippen molar-refractivity contribution in [2.75, 3.05) is 4.90 Å². The summed E-state index contributed by atoms with van der Waals surface area (Å²) in [5.41, 5.74) is 1.07. The van der Waals surface area contributed by atoms with Gasteiger partial charge in [-0.2, -0.15) is 0 Å². The summed E-state index contributed by atoms with van der Waals surface area (Å²) in [5.74, 6) is -1.58. The van der Waals surface area contributed by atoms with Gasteiger partial charge in [0.1, 0.15) is 29.5 Å². The van der Waals surface area contributed by atoms with Gasteiger partial charge in [0.25, 0.3) is 11.8 Å². The van der Waals surface area contributed by atoms with E-state index < -0.39 is 17.8 Å². The lowest BCUT2D eigenvalue weighted by Crippen LogP contribution is -2.54. The molecular weight excluding hydrogens is 575 g/mol. The fourth-order valence-corrected chi connectivity index (χ4v) is 4.69. The molecule has 3 aromatic rings. The van der Waals surface area contributed by atoms with E-state index in [1.807, 2.05) is 0 Å². The third-order valence-corrected chi connectivity index (χ3v) is 5.99. The zero-order chi connectivity index (χ0) is 24.4. The van der Waals surface area contributed by atoms with E-state index in [0.29, 0.717) is 25.8 Å². The van der Waals surface area contributed by atoms with Crippen LogP contribution in [0.4, 0.5) is 14.9 Å². The van der Waals surface area contributed by atoms with Crippen LogP contribution in [0.25, 0.3) is 6.08 Å². The maximum atomic E-state index is 13.4. The van der Waals surface area contributed by atoms with Crippen molar-refractivity contribution in [2.45, 2.75) is 6.61 Å². The van der Waals surface area contributed by atoms with Crippen LogP contribution >= 0.6 is 31.9 Å². The van der Waals surface area contributed by atoms with Crippen LogP contribution in [0.3, 0.4) is 0 Å². The number of phenols is 1. The maximum Gasteiger partial charge on any atom is 0.335 e. The third-order valence-electron chi connectivity index (χ3n) is 4.81. The Kier molecular flexibility index (Phi) is 6.80. The molecular formula is C24H15Br2FN2O5. The highest BCUT2D eigenvalue weighted by molar-refractivity contribution is 9.11. The molecule has 0 saturated carbocycles. The quantitative estimate of drug-likeness (QED) is 0.311. The van der Waals surface area contributed by atoms with Gasteiger partial charge in [0, 0.05) is 0 Å². The van der Waals surface area contributed by atoms with Crippen LogP contribution in [0.5, 0.6) is 11.5 Å². The van der Waals surface area contributed by atoms with Crippen molar-refractivity contribution in [3.8, 4) is 11.5 Å². The summed E-state index contributed by atoms with van der Waals surface area (Å²) >= 11 is 6.83. The number of amides is 4. The van der Waals surface area contributed by atoms with Crippen molar-refractivity contribution < 1.29 is 28.6 Å². The van der Waals surface area contributed by atoms with Crippen LogP contribution < -0.4 is 15.0 Å². The molecule has 10 heteroatoms. The first kappa shape index (κ1) is 23.7. The molecule has 1 fully saturated rings. The lowest BCUT2D eigenvalue weighted by atomic mass is 10.1. The van der Waals surface area contributed by atoms with Gasteiger partial charge in [-0.05, 0) is 97.6 Å². The number of nitrogens with one attached hydrogen (secondary N) is 1. The molecule has 1 saturated heterocycles. The second-order valence-electron chi connectivity index (χ2n) is 7.21. The van der Waals surface area contributed by atoms with Crippen LogP contribution in [-0.4, -0.2) is 23.0 Å². The molecule has 0 unspecified atom stereocenters. The minimum atomic E-state index is -0.888. The lowest BCUT2D eigenvalue weighted by molar-refractivity contribution is -0.122. The molecule has 4 amide bonds. The molecule has 34 heavy (non-hydrogen) atoms. The Morgan fingerprint density at radius 1 is 1.00 bits per heavy atom. The Balaban J connectivity index is 1.60. The van der Waals surface area contributed by atoms with E-state index >= 15 is 0 Å². The van der Waals surface area contributed by atoms with E-state index in [0.717, 1.165) is 4.90 Å². The van der Waals surface area contributed by atoms with E-state index in [4.69, 9.17) is 4.74 Å². The molecule has 172 valence electrons. The van der Waals surface area contributed by atoms with E-state index in [1.54, 1.807) is 24.3 Å². The first-order valence-corrected chi connectivity index (χ1v) is 11.4. The number of urea groups is 1. The molecule has 0 radical (unpaired) electrons. The van der Waals surface area contributed by atoms with Gasteiger partial charge in [-0.15, -0.1) is 0 Å². The number of barbiturate groups is 1. The van der Waals surface area contributed by atoms with E-state index in [1.165, 1.54) is 42.5 Å². The summed E-state index contributed by atoms with van der Waals surface area (Å²) < 4.78 is 20.2. The van der Waals surface area contributed by atoms with Crippen LogP contribution in [0.1, 0.15) is 11.1 Å². The number of nitrogens with zero attached hydrogens (tertiary/aromatic N) is 1. The van der Waals surface area contributed by atoms with Crippen molar-refractivity contribution in [2.24, 2.45) is 0 Å². The minimum absolute atomic E-state index is 0.0325. The fourth-order valence-electron chi connectivity index (χ4n) is 3.24. The molecule has 1 aliphatic heterocycles. The number of imide groups is 2. The normalized spacial score (nSPS) is 15.0.